The van der Waals surface area contributed by atoms with Crippen molar-refractivity contribution in [2.45, 2.75) is 18.9 Å². The SMILES string of the molecule is COCCOc1ccc(Br)cc1C(=O)Nc1ccccc1C(=O)NCC1CCCO1. The van der Waals surface area contributed by atoms with E-state index in [4.69, 9.17) is 14.2 Å². The van der Waals surface area contributed by atoms with Gasteiger partial charge in [-0.2, -0.15) is 0 Å². The van der Waals surface area contributed by atoms with Gasteiger partial charge in [-0.25, -0.2) is 0 Å². The first-order valence-electron chi connectivity index (χ1n) is 9.80. The van der Waals surface area contributed by atoms with Crippen LogP contribution in [0.4, 0.5) is 5.69 Å². The second kappa shape index (κ2) is 11.1. The van der Waals surface area contributed by atoms with Gasteiger partial charge in [0.15, 0.2) is 0 Å². The van der Waals surface area contributed by atoms with Crippen molar-refractivity contribution < 1.29 is 23.8 Å². The zero-order valence-electron chi connectivity index (χ0n) is 16.8. The first kappa shape index (κ1) is 22.3. The van der Waals surface area contributed by atoms with Crippen LogP contribution >= 0.6 is 15.9 Å². The van der Waals surface area contributed by atoms with Gasteiger partial charge in [-0.3, -0.25) is 9.59 Å². The average Bonchev–Trinajstić information content (AvgIpc) is 3.27. The summed E-state index contributed by atoms with van der Waals surface area (Å²) in [4.78, 5) is 25.6. The normalized spacial score (nSPS) is 15.6. The Kier molecular flexibility index (Phi) is 8.24. The molecule has 0 aliphatic carbocycles. The first-order valence-corrected chi connectivity index (χ1v) is 10.6. The molecule has 1 aliphatic heterocycles. The number of anilines is 1. The van der Waals surface area contributed by atoms with Gasteiger partial charge in [0, 0.05) is 24.7 Å². The number of carbonyl (C=O) groups is 2. The molecule has 2 N–H and O–H groups in total. The van der Waals surface area contributed by atoms with Crippen molar-refractivity contribution in [2.75, 3.05) is 38.8 Å². The summed E-state index contributed by atoms with van der Waals surface area (Å²) in [7, 11) is 1.58. The third-order valence-electron chi connectivity index (χ3n) is 4.67. The van der Waals surface area contributed by atoms with Crippen LogP contribution in [0.25, 0.3) is 0 Å². The Balaban J connectivity index is 1.72. The van der Waals surface area contributed by atoms with Crippen LogP contribution in [0.5, 0.6) is 5.75 Å². The second-order valence-corrected chi connectivity index (χ2v) is 7.74. The predicted octanol–water partition coefficient (Wildman–Crippen LogP) is 3.64. The molecule has 3 rings (SSSR count). The number of rotatable bonds is 9. The molecule has 7 nitrogen and oxygen atoms in total. The van der Waals surface area contributed by atoms with Gasteiger partial charge in [0.2, 0.25) is 0 Å². The molecular formula is C22H25BrN2O5. The lowest BCUT2D eigenvalue weighted by Gasteiger charge is -2.15. The zero-order chi connectivity index (χ0) is 21.3. The molecule has 1 saturated heterocycles. The fourth-order valence-electron chi connectivity index (χ4n) is 3.13. The number of hydrogen-bond acceptors (Lipinski definition) is 5. The van der Waals surface area contributed by atoms with Crippen LogP contribution in [-0.2, 0) is 9.47 Å². The fraction of sp³-hybridized carbons (Fsp3) is 0.364. The molecule has 1 heterocycles. The number of para-hydroxylation sites is 1. The van der Waals surface area contributed by atoms with Crippen LogP contribution in [0.15, 0.2) is 46.9 Å². The Morgan fingerprint density at radius 2 is 1.97 bits per heavy atom. The van der Waals surface area contributed by atoms with Crippen molar-refractivity contribution in [1.82, 2.24) is 5.32 Å². The van der Waals surface area contributed by atoms with Crippen molar-refractivity contribution in [1.29, 1.82) is 0 Å². The van der Waals surface area contributed by atoms with Crippen LogP contribution in [0.1, 0.15) is 33.6 Å². The smallest absolute Gasteiger partial charge is 0.259 e. The van der Waals surface area contributed by atoms with Crippen molar-refractivity contribution >= 4 is 33.4 Å². The molecule has 1 fully saturated rings. The topological polar surface area (TPSA) is 85.9 Å². The quantitative estimate of drug-likeness (QED) is 0.539. The summed E-state index contributed by atoms with van der Waals surface area (Å²) >= 11 is 3.39. The van der Waals surface area contributed by atoms with E-state index in [0.29, 0.717) is 42.3 Å². The molecule has 30 heavy (non-hydrogen) atoms. The van der Waals surface area contributed by atoms with Crippen molar-refractivity contribution in [3.8, 4) is 5.75 Å². The van der Waals surface area contributed by atoms with Crippen LogP contribution < -0.4 is 15.4 Å². The number of methoxy groups -OCH3 is 1. The molecule has 1 unspecified atom stereocenters. The minimum Gasteiger partial charge on any atom is -0.490 e. The summed E-state index contributed by atoms with van der Waals surface area (Å²) in [5, 5.41) is 5.72. The van der Waals surface area contributed by atoms with Crippen LogP contribution in [-0.4, -0.2) is 51.4 Å². The van der Waals surface area contributed by atoms with Crippen molar-refractivity contribution in [3.63, 3.8) is 0 Å². The summed E-state index contributed by atoms with van der Waals surface area (Å²) in [6.45, 7) is 1.91. The largest absolute Gasteiger partial charge is 0.490 e. The Morgan fingerprint density at radius 3 is 2.73 bits per heavy atom. The predicted molar refractivity (Wildman–Crippen MR) is 117 cm³/mol. The maximum absolute atomic E-state index is 13.0. The van der Waals surface area contributed by atoms with E-state index >= 15 is 0 Å². The number of hydrogen-bond donors (Lipinski definition) is 2. The number of carbonyl (C=O) groups excluding carboxylic acids is 2. The number of amides is 2. The van der Waals surface area contributed by atoms with Gasteiger partial charge in [0.05, 0.1) is 29.5 Å². The molecule has 8 heteroatoms. The number of ether oxygens (including phenoxy) is 3. The summed E-state index contributed by atoms with van der Waals surface area (Å²) in [5.41, 5.74) is 1.17. The number of nitrogens with one attached hydrogen (secondary N) is 2. The third kappa shape index (κ3) is 6.04. The number of halogens is 1. The lowest BCUT2D eigenvalue weighted by Crippen LogP contribution is -2.32. The number of benzene rings is 2. The minimum absolute atomic E-state index is 0.0455. The molecule has 0 bridgehead atoms. The molecule has 2 aromatic rings. The first-order chi connectivity index (χ1) is 14.6. The molecule has 1 aliphatic rings. The second-order valence-electron chi connectivity index (χ2n) is 6.83. The highest BCUT2D eigenvalue weighted by Crippen LogP contribution is 2.25. The van der Waals surface area contributed by atoms with E-state index in [0.717, 1.165) is 23.9 Å². The van der Waals surface area contributed by atoms with E-state index < -0.39 is 0 Å². The molecular weight excluding hydrogens is 452 g/mol. The third-order valence-corrected chi connectivity index (χ3v) is 5.16. The van der Waals surface area contributed by atoms with Gasteiger partial charge in [-0.15, -0.1) is 0 Å². The maximum atomic E-state index is 13.0. The monoisotopic (exact) mass is 476 g/mol. The standard InChI is InChI=1S/C22H25BrN2O5/c1-28-11-12-30-20-9-8-15(23)13-18(20)22(27)25-19-7-3-2-6-17(19)21(26)24-14-16-5-4-10-29-16/h2-3,6-9,13,16H,4-5,10-12,14H2,1H3,(H,24,26)(H,25,27). The van der Waals surface area contributed by atoms with Gasteiger partial charge >= 0.3 is 0 Å². The molecule has 0 saturated carbocycles. The van der Waals surface area contributed by atoms with E-state index in [2.05, 4.69) is 26.6 Å². The summed E-state index contributed by atoms with van der Waals surface area (Å²) < 4.78 is 17.0. The molecule has 1 atom stereocenters. The van der Waals surface area contributed by atoms with E-state index in [1.807, 2.05) is 0 Å². The Morgan fingerprint density at radius 1 is 1.13 bits per heavy atom. The molecule has 2 amide bonds. The highest BCUT2D eigenvalue weighted by Gasteiger charge is 2.20. The van der Waals surface area contributed by atoms with E-state index in [1.54, 1.807) is 49.6 Å². The van der Waals surface area contributed by atoms with Crippen LogP contribution in [0, 0.1) is 0 Å². The average molecular weight is 477 g/mol. The lowest BCUT2D eigenvalue weighted by molar-refractivity contribution is 0.0858. The molecule has 2 aromatic carbocycles. The van der Waals surface area contributed by atoms with Gasteiger partial charge in [0.25, 0.3) is 11.8 Å². The molecule has 160 valence electrons. The minimum atomic E-state index is -0.372. The Hall–Kier alpha value is -2.42. The highest BCUT2D eigenvalue weighted by molar-refractivity contribution is 9.10. The van der Waals surface area contributed by atoms with Gasteiger partial charge < -0.3 is 24.8 Å². The maximum Gasteiger partial charge on any atom is 0.259 e. The van der Waals surface area contributed by atoms with Crippen LogP contribution in [0.2, 0.25) is 0 Å². The fourth-order valence-corrected chi connectivity index (χ4v) is 3.49. The van der Waals surface area contributed by atoms with Gasteiger partial charge in [0.1, 0.15) is 12.4 Å². The molecule has 0 aromatic heterocycles. The Bertz CT molecular complexity index is 884. The van der Waals surface area contributed by atoms with Crippen molar-refractivity contribution in [2.24, 2.45) is 0 Å². The molecule has 0 radical (unpaired) electrons. The Labute approximate surface area is 184 Å². The van der Waals surface area contributed by atoms with Gasteiger partial charge in [-0.05, 0) is 43.2 Å². The van der Waals surface area contributed by atoms with E-state index in [9.17, 15) is 9.59 Å². The van der Waals surface area contributed by atoms with Crippen LogP contribution in [0.3, 0.4) is 0 Å². The van der Waals surface area contributed by atoms with E-state index in [-0.39, 0.29) is 17.9 Å². The van der Waals surface area contributed by atoms with E-state index in [1.165, 1.54) is 0 Å². The van der Waals surface area contributed by atoms with Crippen molar-refractivity contribution in [3.05, 3.63) is 58.1 Å². The highest BCUT2D eigenvalue weighted by atomic mass is 79.9. The summed E-state index contributed by atoms with van der Waals surface area (Å²) in [5.74, 6) is -0.191. The molecule has 0 spiro atoms. The summed E-state index contributed by atoms with van der Waals surface area (Å²) in [6.07, 6.45) is 1.99. The van der Waals surface area contributed by atoms with Gasteiger partial charge in [-0.1, -0.05) is 28.1 Å². The zero-order valence-corrected chi connectivity index (χ0v) is 18.4. The summed E-state index contributed by atoms with van der Waals surface area (Å²) in [6, 6.07) is 12.1. The lowest BCUT2D eigenvalue weighted by atomic mass is 10.1.